The Hall–Kier alpha value is -3.61. The van der Waals surface area contributed by atoms with E-state index in [1.165, 1.54) is 5.56 Å². The number of carbonyl (C=O) groups excluding carboxylic acids is 2. The first kappa shape index (κ1) is 29.0. The standard InChI is InChI=1S/C31H43N5O2/c1-9-10-17-35(30(38)32-25-14-12-24(13-15-25)21(2)3)20-29(37)33-28-19-27(31(6,7)8)34-36(28)26-16-11-22(4)18-23(26)5/h11-16,18-19,21H,9-10,17,20H2,1-8H3,(H,32,38)(H,33,37). The fraction of sp³-hybridized carbons (Fsp3) is 0.452. The van der Waals surface area contributed by atoms with Crippen LogP contribution in [0.25, 0.3) is 5.69 Å². The highest BCUT2D eigenvalue weighted by molar-refractivity contribution is 5.96. The number of unbranched alkanes of at least 4 members (excludes halogenated alkanes) is 1. The summed E-state index contributed by atoms with van der Waals surface area (Å²) in [6, 6.07) is 15.6. The van der Waals surface area contributed by atoms with Gasteiger partial charge in [0.25, 0.3) is 0 Å². The van der Waals surface area contributed by atoms with Gasteiger partial charge >= 0.3 is 6.03 Å². The predicted octanol–water partition coefficient (Wildman–Crippen LogP) is 7.18. The third kappa shape index (κ3) is 7.46. The molecule has 7 nitrogen and oxygen atoms in total. The second-order valence-corrected chi connectivity index (χ2v) is 11.4. The first-order valence-corrected chi connectivity index (χ1v) is 13.5. The Bertz CT molecular complexity index is 1250. The van der Waals surface area contributed by atoms with Crippen molar-refractivity contribution in [3.63, 3.8) is 0 Å². The van der Waals surface area contributed by atoms with Crippen molar-refractivity contribution >= 4 is 23.4 Å². The molecule has 3 rings (SSSR count). The highest BCUT2D eigenvalue weighted by Crippen LogP contribution is 2.28. The maximum Gasteiger partial charge on any atom is 0.322 e. The molecule has 2 N–H and O–H groups in total. The monoisotopic (exact) mass is 517 g/mol. The molecule has 0 aliphatic carbocycles. The number of nitrogens with zero attached hydrogens (tertiary/aromatic N) is 3. The van der Waals surface area contributed by atoms with Gasteiger partial charge in [-0.2, -0.15) is 5.10 Å². The molecular weight excluding hydrogens is 474 g/mol. The summed E-state index contributed by atoms with van der Waals surface area (Å²) in [7, 11) is 0. The van der Waals surface area contributed by atoms with E-state index in [-0.39, 0.29) is 23.9 Å². The van der Waals surface area contributed by atoms with Gasteiger partial charge < -0.3 is 15.5 Å². The zero-order valence-electron chi connectivity index (χ0n) is 24.2. The van der Waals surface area contributed by atoms with Gasteiger partial charge in [-0.3, -0.25) is 4.79 Å². The van der Waals surface area contributed by atoms with Gasteiger partial charge in [0.05, 0.1) is 11.4 Å². The Kier molecular flexibility index (Phi) is 9.36. The third-order valence-electron chi connectivity index (χ3n) is 6.56. The molecule has 1 heterocycles. The van der Waals surface area contributed by atoms with E-state index in [9.17, 15) is 9.59 Å². The lowest BCUT2D eigenvalue weighted by atomic mass is 9.92. The molecule has 3 aromatic rings. The van der Waals surface area contributed by atoms with E-state index in [2.05, 4.69) is 65.2 Å². The number of aromatic nitrogens is 2. The van der Waals surface area contributed by atoms with Gasteiger partial charge in [0.1, 0.15) is 12.4 Å². The first-order valence-electron chi connectivity index (χ1n) is 13.5. The predicted molar refractivity (Wildman–Crippen MR) is 156 cm³/mol. The summed E-state index contributed by atoms with van der Waals surface area (Å²) < 4.78 is 1.79. The van der Waals surface area contributed by atoms with E-state index in [0.29, 0.717) is 24.0 Å². The van der Waals surface area contributed by atoms with Crippen LogP contribution in [-0.4, -0.2) is 39.7 Å². The summed E-state index contributed by atoms with van der Waals surface area (Å²) in [5.41, 5.74) is 5.74. The third-order valence-corrected chi connectivity index (χ3v) is 6.56. The quantitative estimate of drug-likeness (QED) is 0.315. The first-order chi connectivity index (χ1) is 17.9. The van der Waals surface area contributed by atoms with E-state index in [4.69, 9.17) is 5.10 Å². The van der Waals surface area contributed by atoms with Crippen LogP contribution in [0, 0.1) is 13.8 Å². The van der Waals surface area contributed by atoms with Crippen LogP contribution in [0.15, 0.2) is 48.5 Å². The number of nitrogens with one attached hydrogen (secondary N) is 2. The summed E-state index contributed by atoms with van der Waals surface area (Å²) in [5, 5.41) is 10.8. The van der Waals surface area contributed by atoms with Crippen molar-refractivity contribution in [2.24, 2.45) is 0 Å². The van der Waals surface area contributed by atoms with Gasteiger partial charge in [0, 0.05) is 23.7 Å². The second-order valence-electron chi connectivity index (χ2n) is 11.4. The number of amides is 3. The van der Waals surface area contributed by atoms with Gasteiger partial charge in [-0.25, -0.2) is 9.48 Å². The van der Waals surface area contributed by atoms with Crippen LogP contribution in [0.3, 0.4) is 0 Å². The van der Waals surface area contributed by atoms with Crippen molar-refractivity contribution in [2.75, 3.05) is 23.7 Å². The van der Waals surface area contributed by atoms with Crippen molar-refractivity contribution in [3.05, 3.63) is 70.9 Å². The summed E-state index contributed by atoms with van der Waals surface area (Å²) in [6.07, 6.45) is 1.73. The number of carbonyl (C=O) groups is 2. The largest absolute Gasteiger partial charge is 0.322 e. The summed E-state index contributed by atoms with van der Waals surface area (Å²) in [4.78, 5) is 28.0. The lowest BCUT2D eigenvalue weighted by Crippen LogP contribution is -2.41. The second kappa shape index (κ2) is 12.3. The molecule has 0 saturated carbocycles. The van der Waals surface area contributed by atoms with Crippen molar-refractivity contribution in [1.82, 2.24) is 14.7 Å². The Morgan fingerprint density at radius 3 is 2.26 bits per heavy atom. The van der Waals surface area contributed by atoms with Crippen molar-refractivity contribution in [1.29, 1.82) is 0 Å². The van der Waals surface area contributed by atoms with Crippen LogP contribution < -0.4 is 10.6 Å². The van der Waals surface area contributed by atoms with Gasteiger partial charge in [-0.1, -0.05) is 77.8 Å². The van der Waals surface area contributed by atoms with Gasteiger partial charge in [0.2, 0.25) is 5.91 Å². The molecule has 1 aromatic heterocycles. The molecule has 204 valence electrons. The van der Waals surface area contributed by atoms with E-state index >= 15 is 0 Å². The summed E-state index contributed by atoms with van der Waals surface area (Å²) >= 11 is 0. The molecule has 0 atom stereocenters. The molecule has 0 aliphatic heterocycles. The van der Waals surface area contributed by atoms with Crippen LogP contribution in [-0.2, 0) is 10.2 Å². The molecule has 3 amide bonds. The number of rotatable bonds is 9. The van der Waals surface area contributed by atoms with E-state index in [0.717, 1.165) is 35.3 Å². The molecule has 0 fully saturated rings. The SMILES string of the molecule is CCCCN(CC(=O)Nc1cc(C(C)(C)C)nn1-c1ccc(C)cc1C)C(=O)Nc1ccc(C(C)C)cc1. The van der Waals surface area contributed by atoms with E-state index in [1.807, 2.05) is 49.4 Å². The van der Waals surface area contributed by atoms with Crippen molar-refractivity contribution in [3.8, 4) is 5.69 Å². The van der Waals surface area contributed by atoms with Gasteiger partial charge in [0.15, 0.2) is 0 Å². The smallest absolute Gasteiger partial charge is 0.315 e. The molecule has 2 aromatic carbocycles. The lowest BCUT2D eigenvalue weighted by Gasteiger charge is -2.23. The lowest BCUT2D eigenvalue weighted by molar-refractivity contribution is -0.116. The average Bonchev–Trinajstić information content (AvgIpc) is 3.26. The number of benzene rings is 2. The average molecular weight is 518 g/mol. The van der Waals surface area contributed by atoms with Gasteiger partial charge in [-0.05, 0) is 55.5 Å². The fourth-order valence-electron chi connectivity index (χ4n) is 4.17. The van der Waals surface area contributed by atoms with Gasteiger partial charge in [-0.15, -0.1) is 0 Å². The van der Waals surface area contributed by atoms with E-state index < -0.39 is 0 Å². The highest BCUT2D eigenvalue weighted by atomic mass is 16.2. The minimum absolute atomic E-state index is 0.0567. The Balaban J connectivity index is 1.81. The Labute approximate surface area is 227 Å². The van der Waals surface area contributed by atoms with Crippen LogP contribution in [0.2, 0.25) is 0 Å². The number of aryl methyl sites for hydroxylation is 2. The number of hydrogen-bond donors (Lipinski definition) is 2. The summed E-state index contributed by atoms with van der Waals surface area (Å²) in [5.74, 6) is 0.741. The number of anilines is 2. The fourth-order valence-corrected chi connectivity index (χ4v) is 4.17. The minimum atomic E-state index is -0.288. The molecule has 0 bridgehead atoms. The van der Waals surface area contributed by atoms with E-state index in [1.54, 1.807) is 9.58 Å². The minimum Gasteiger partial charge on any atom is -0.315 e. The zero-order chi connectivity index (χ0) is 28.0. The Morgan fingerprint density at radius 2 is 1.68 bits per heavy atom. The normalized spacial score (nSPS) is 11.5. The van der Waals surface area contributed by atoms with Crippen LogP contribution in [0.5, 0.6) is 0 Å². The molecule has 0 spiro atoms. The molecular formula is C31H43N5O2. The maximum absolute atomic E-state index is 13.3. The van der Waals surface area contributed by atoms with Crippen LogP contribution in [0.4, 0.5) is 16.3 Å². The molecule has 0 aliphatic rings. The molecule has 0 saturated heterocycles. The highest BCUT2D eigenvalue weighted by Gasteiger charge is 2.23. The molecule has 38 heavy (non-hydrogen) atoms. The number of urea groups is 1. The maximum atomic E-state index is 13.3. The van der Waals surface area contributed by atoms with Crippen molar-refractivity contribution in [2.45, 2.75) is 79.6 Å². The molecule has 0 radical (unpaired) electrons. The molecule has 7 heteroatoms. The van der Waals surface area contributed by atoms with Crippen molar-refractivity contribution < 1.29 is 9.59 Å². The Morgan fingerprint density at radius 1 is 1.00 bits per heavy atom. The zero-order valence-corrected chi connectivity index (χ0v) is 24.2. The molecule has 0 unspecified atom stereocenters. The van der Waals surface area contributed by atoms with Crippen LogP contribution >= 0.6 is 0 Å². The topological polar surface area (TPSA) is 79.3 Å². The summed E-state index contributed by atoms with van der Waals surface area (Å²) in [6.45, 7) is 17.1. The number of hydrogen-bond acceptors (Lipinski definition) is 3. The van der Waals surface area contributed by atoms with Crippen LogP contribution in [0.1, 0.15) is 82.7 Å².